The van der Waals surface area contributed by atoms with Crippen LogP contribution in [0.25, 0.3) is 44.5 Å². The molecule has 0 spiro atoms. The highest BCUT2D eigenvalue weighted by Gasteiger charge is 2.47. The maximum absolute atomic E-state index is 7.53. The molecule has 0 saturated carbocycles. The van der Waals surface area contributed by atoms with E-state index >= 15 is 0 Å². The Kier molecular flexibility index (Phi) is 26.0. The third kappa shape index (κ3) is 18.1. The highest BCUT2D eigenvalue weighted by atomic mass is 35.5. The highest BCUT2D eigenvalue weighted by molar-refractivity contribution is 6.74. The molecule has 24 rings (SSSR count). The molecule has 0 atom stereocenters. The fraction of sp³-hybridized carbons (Fsp3) is 0.303. The molecule has 0 saturated heterocycles. The lowest BCUT2D eigenvalue weighted by atomic mass is 9.70. The van der Waals surface area contributed by atoms with E-state index in [1.54, 1.807) is 0 Å². The molecule has 14 aliphatic rings. The summed E-state index contributed by atoms with van der Waals surface area (Å²) in [7, 11) is -6.09. The first-order chi connectivity index (χ1) is 56.1. The zero-order chi connectivity index (χ0) is 83.1. The van der Waals surface area contributed by atoms with Crippen LogP contribution in [0.1, 0.15) is 153 Å². The summed E-state index contributed by atoms with van der Waals surface area (Å²) in [4.78, 5) is 0. The first-order valence-electron chi connectivity index (χ1n) is 43.1. The second-order valence-electron chi connectivity index (χ2n) is 34.7. The van der Waals surface area contributed by atoms with Gasteiger partial charge in [-0.2, -0.15) is 0 Å². The fourth-order valence-corrected chi connectivity index (χ4v) is 26.9. The van der Waals surface area contributed by atoms with Crippen LogP contribution >= 0.6 is 23.2 Å². The Balaban J connectivity index is 0.000000185. The largest absolute Gasteiger partial charge is 0.401 e. The summed E-state index contributed by atoms with van der Waals surface area (Å²) in [5.74, 6) is 0. The number of rotatable bonds is 20. The Labute approximate surface area is 715 Å². The zero-order valence-corrected chi connectivity index (χ0v) is 76.7. The first-order valence-corrected chi connectivity index (χ1v) is 51.5. The third-order valence-corrected chi connectivity index (χ3v) is 41.8. The van der Waals surface area contributed by atoms with Gasteiger partial charge in [-0.25, -0.2) is 0 Å². The minimum absolute atomic E-state index is 0.162. The fourth-order valence-electron chi connectivity index (χ4n) is 18.0. The standard InChI is InChI=1S/C51H52OSi.C50H60Cl2O2Si2.C8H10/c1-7-53(8-2,9-3)52-51-35-33-50(6,34-36-51)46-23-15-39(16-24-46)38-13-21-44(22-14-38)48(4)29-31-49(5,32-30-48)45-25-17-40(18-26-45)42-11-10-12-43(37-42)41-19-27-47(51)28-20-41;1-9-55(10-2,11-3)53-49(35-37-50(38-36-49,44-25-29-46(52)30-26-44)54-56(12-4,13-5)14-6)43-21-17-40(18-22-43)39-15-19-41(20-16-39)47(7)31-33-48(8,34-32-47)42-23-27-45(51)28-24-42;1-7-4-3-5-8(2)6-7/h10-37H,7-9H2,1-6H3;15-38H,9-14H2,1-8H3;3-6H,1-2H3. The van der Waals surface area contributed by atoms with E-state index in [0.717, 1.165) is 75.6 Å². The molecule has 0 amide bonds. The van der Waals surface area contributed by atoms with Gasteiger partial charge in [0.2, 0.25) is 0 Å². The van der Waals surface area contributed by atoms with Crippen molar-refractivity contribution >= 4 is 48.2 Å². The van der Waals surface area contributed by atoms with E-state index in [2.05, 4.69) is 426 Å². The minimum Gasteiger partial charge on any atom is -0.401 e. The van der Waals surface area contributed by atoms with Gasteiger partial charge < -0.3 is 13.3 Å². The molecule has 0 aliphatic heterocycles. The Bertz CT molecular complexity index is 5220. The molecular weight excluding hydrogens is 1510 g/mol. The number of allylic oxidation sites excluding steroid dienone is 10. The number of aryl methyl sites for hydroxylation is 2. The number of benzene rings is 10. The summed E-state index contributed by atoms with van der Waals surface area (Å²) in [6.07, 6.45) is 37.5. The summed E-state index contributed by atoms with van der Waals surface area (Å²) in [5, 5.41) is 1.49. The van der Waals surface area contributed by atoms with Crippen molar-refractivity contribution < 1.29 is 13.3 Å². The van der Waals surface area contributed by atoms with E-state index in [0.29, 0.717) is 0 Å². The van der Waals surface area contributed by atoms with Crippen LogP contribution in [0.4, 0.5) is 0 Å². The lowest BCUT2D eigenvalue weighted by Gasteiger charge is -2.46. The Morgan fingerprint density at radius 1 is 0.214 bits per heavy atom. The van der Waals surface area contributed by atoms with Gasteiger partial charge in [0, 0.05) is 37.1 Å². The Morgan fingerprint density at radius 2 is 0.393 bits per heavy atom. The number of halogens is 2. The predicted octanol–water partition coefficient (Wildman–Crippen LogP) is 31.2. The normalized spacial score (nSPS) is 24.1. The maximum Gasteiger partial charge on any atom is 0.194 e. The zero-order valence-electron chi connectivity index (χ0n) is 72.2. The molecule has 117 heavy (non-hydrogen) atoms. The Hall–Kier alpha value is -8.77. The van der Waals surface area contributed by atoms with Crippen molar-refractivity contribution in [1.82, 2.24) is 0 Å². The summed E-state index contributed by atoms with van der Waals surface area (Å²) >= 11 is 12.6. The second kappa shape index (κ2) is 35.3. The van der Waals surface area contributed by atoms with Crippen LogP contribution in [0.5, 0.6) is 0 Å². The molecule has 0 heterocycles. The molecule has 0 N–H and O–H groups in total. The van der Waals surface area contributed by atoms with E-state index in [1.165, 1.54) is 89.0 Å². The van der Waals surface area contributed by atoms with Gasteiger partial charge in [-0.1, -0.05) is 370 Å². The van der Waals surface area contributed by atoms with Crippen LogP contribution in [0.3, 0.4) is 0 Å². The second-order valence-corrected chi connectivity index (χ2v) is 49.7. The van der Waals surface area contributed by atoms with Crippen LogP contribution in [-0.2, 0) is 57.2 Å². The van der Waals surface area contributed by atoms with Gasteiger partial charge in [-0.05, 0) is 259 Å². The molecular formula is C109H122Cl2O3Si3. The number of hydrogen-bond donors (Lipinski definition) is 0. The van der Waals surface area contributed by atoms with Crippen molar-refractivity contribution in [3.63, 3.8) is 0 Å². The van der Waals surface area contributed by atoms with Gasteiger partial charge in [-0.3, -0.25) is 0 Å². The van der Waals surface area contributed by atoms with Crippen LogP contribution in [-0.4, -0.2) is 25.0 Å². The van der Waals surface area contributed by atoms with E-state index < -0.39 is 41.8 Å². The number of hydrogen-bond acceptors (Lipinski definition) is 3. The SMILES string of the molecule is CC[Si](CC)(CC)OC1(c2ccc(Cl)cc2)C=CC(O[Si](CC)(CC)CC)(c2ccc(-c3ccc(C4(C)C=CC(C)(c5ccc(Cl)cc5)C=C4)cc3)cc2)C=C1.CC[Si](CC)(CC)OC12C=CC(C)(C=C1)c1ccc(cc1)-c1ccc(cc1)C1(C)C=CC(C)(C=C1)c1ccc(cc1)-c1cccc(c1)-c1ccc2cc1.Cc1cccc(C)c1. The van der Waals surface area contributed by atoms with Gasteiger partial charge >= 0.3 is 0 Å². The quantitative estimate of drug-likeness (QED) is 0.0562. The van der Waals surface area contributed by atoms with E-state index in [4.69, 9.17) is 36.5 Å². The van der Waals surface area contributed by atoms with E-state index in [1.807, 2.05) is 24.3 Å². The van der Waals surface area contributed by atoms with E-state index in [9.17, 15) is 0 Å². The van der Waals surface area contributed by atoms with Gasteiger partial charge in [0.25, 0.3) is 0 Å². The molecule has 602 valence electrons. The molecule has 8 heteroatoms. The minimum atomic E-state index is -2.07. The summed E-state index contributed by atoms with van der Waals surface area (Å²) in [5.41, 5.74) is 19.3. The topological polar surface area (TPSA) is 27.7 Å². The summed E-state index contributed by atoms with van der Waals surface area (Å²) < 4.78 is 22.4. The maximum atomic E-state index is 7.53. The average molecular weight is 1640 g/mol. The van der Waals surface area contributed by atoms with Crippen LogP contribution < -0.4 is 0 Å². The molecule has 14 bridgehead atoms. The van der Waals surface area contributed by atoms with Crippen LogP contribution in [0, 0.1) is 13.8 Å². The van der Waals surface area contributed by atoms with Gasteiger partial charge in [0.1, 0.15) is 16.8 Å². The highest BCUT2D eigenvalue weighted by Crippen LogP contribution is 2.50. The lowest BCUT2D eigenvalue weighted by molar-refractivity contribution is 0.121. The van der Waals surface area contributed by atoms with Crippen LogP contribution in [0.2, 0.25) is 64.4 Å². The van der Waals surface area contributed by atoms with Crippen molar-refractivity contribution in [2.75, 3.05) is 0 Å². The third-order valence-electron chi connectivity index (χ3n) is 27.4. The van der Waals surface area contributed by atoms with E-state index in [-0.39, 0.29) is 27.1 Å². The average Bonchev–Trinajstić information content (AvgIpc) is 0.811. The molecule has 10 aromatic rings. The smallest absolute Gasteiger partial charge is 0.194 e. The van der Waals surface area contributed by atoms with Crippen molar-refractivity contribution in [2.24, 2.45) is 0 Å². The van der Waals surface area contributed by atoms with Crippen molar-refractivity contribution in [3.05, 3.63) is 406 Å². The Morgan fingerprint density at radius 3 is 0.607 bits per heavy atom. The molecule has 14 aliphatic carbocycles. The monoisotopic (exact) mass is 1630 g/mol. The lowest BCUT2D eigenvalue weighted by Crippen LogP contribution is -2.48. The van der Waals surface area contributed by atoms with Gasteiger partial charge in [0.05, 0.1) is 0 Å². The van der Waals surface area contributed by atoms with Crippen molar-refractivity contribution in [1.29, 1.82) is 0 Å². The summed E-state index contributed by atoms with van der Waals surface area (Å²) in [6, 6.07) is 98.1. The molecule has 0 fully saturated rings. The van der Waals surface area contributed by atoms with Crippen molar-refractivity contribution in [2.45, 2.75) is 209 Å². The predicted molar refractivity (Wildman–Crippen MR) is 510 cm³/mol. The summed E-state index contributed by atoms with van der Waals surface area (Å²) in [6.45, 7) is 36.4. The van der Waals surface area contributed by atoms with Gasteiger partial charge in [-0.15, -0.1) is 0 Å². The van der Waals surface area contributed by atoms with Gasteiger partial charge in [0.15, 0.2) is 25.0 Å². The first kappa shape index (κ1) is 86.1. The molecule has 0 radical (unpaired) electrons. The van der Waals surface area contributed by atoms with Crippen LogP contribution in [0.15, 0.2) is 340 Å². The molecule has 10 aromatic carbocycles. The van der Waals surface area contributed by atoms with Crippen molar-refractivity contribution in [3.8, 4) is 44.5 Å². The molecule has 0 unspecified atom stereocenters. The molecule has 0 aromatic heterocycles. The molecule has 3 nitrogen and oxygen atoms in total.